The van der Waals surface area contributed by atoms with Crippen molar-refractivity contribution in [2.45, 2.75) is 30.8 Å². The van der Waals surface area contributed by atoms with Crippen LogP contribution >= 0.6 is 11.9 Å². The molecule has 0 aliphatic carbocycles. The van der Waals surface area contributed by atoms with Gasteiger partial charge in [0, 0.05) is 10.9 Å². The van der Waals surface area contributed by atoms with Crippen molar-refractivity contribution in [3.05, 3.63) is 29.8 Å². The van der Waals surface area contributed by atoms with Gasteiger partial charge in [-0.3, -0.25) is 0 Å². The molecule has 0 saturated heterocycles. The molecule has 0 spiro atoms. The third kappa shape index (κ3) is 1.47. The van der Waals surface area contributed by atoms with Crippen molar-refractivity contribution in [2.75, 3.05) is 0 Å². The van der Waals surface area contributed by atoms with Crippen molar-refractivity contribution >= 4 is 18.2 Å². The summed E-state index contributed by atoms with van der Waals surface area (Å²) < 4.78 is 2.14. The Balaban J connectivity index is 2.38. The van der Waals surface area contributed by atoms with E-state index in [2.05, 4.69) is 24.2 Å². The maximum Gasteiger partial charge on any atom is 0.142 e. The van der Waals surface area contributed by atoms with Gasteiger partial charge in [-0.15, -0.1) is 0 Å². The van der Waals surface area contributed by atoms with E-state index in [9.17, 15) is 4.79 Å². The number of fused-ring (bicyclic) bond motifs is 1. The summed E-state index contributed by atoms with van der Waals surface area (Å²) in [5, 5.41) is 0. The van der Waals surface area contributed by atoms with Gasteiger partial charge in [-0.1, -0.05) is 18.2 Å². The molecule has 0 bridgehead atoms. The summed E-state index contributed by atoms with van der Waals surface area (Å²) in [4.78, 5) is 12.2. The van der Waals surface area contributed by atoms with Crippen molar-refractivity contribution in [3.8, 4) is 0 Å². The number of carbonyl (C=O) groups is 1. The molecular formula is C11H13NOS. The lowest BCUT2D eigenvalue weighted by molar-refractivity contribution is -0.111. The summed E-state index contributed by atoms with van der Waals surface area (Å²) in [5.74, 6) is 0. The minimum absolute atomic E-state index is 0.0730. The van der Waals surface area contributed by atoms with E-state index >= 15 is 0 Å². The van der Waals surface area contributed by atoms with Crippen molar-refractivity contribution in [1.29, 1.82) is 0 Å². The predicted octanol–water partition coefficient (Wildman–Crippen LogP) is 2.66. The van der Waals surface area contributed by atoms with Gasteiger partial charge in [0.2, 0.25) is 0 Å². The first kappa shape index (κ1) is 9.74. The van der Waals surface area contributed by atoms with Crippen LogP contribution in [0.2, 0.25) is 0 Å². The van der Waals surface area contributed by atoms with Crippen molar-refractivity contribution in [2.24, 2.45) is 0 Å². The Bertz CT molecular complexity index is 351. The van der Waals surface area contributed by atoms with Gasteiger partial charge in [0.05, 0.1) is 0 Å². The van der Waals surface area contributed by atoms with E-state index in [0.717, 1.165) is 11.8 Å². The van der Waals surface area contributed by atoms with Crippen LogP contribution in [0, 0.1) is 0 Å². The van der Waals surface area contributed by atoms with E-state index in [1.54, 1.807) is 11.9 Å². The van der Waals surface area contributed by atoms with E-state index in [0.29, 0.717) is 6.04 Å². The van der Waals surface area contributed by atoms with E-state index < -0.39 is 0 Å². The quantitative estimate of drug-likeness (QED) is 0.549. The smallest absolute Gasteiger partial charge is 0.142 e. The molecule has 1 atom stereocenters. The summed E-state index contributed by atoms with van der Waals surface area (Å²) in [5.41, 5.74) is 1.14. The predicted molar refractivity (Wildman–Crippen MR) is 58.1 cm³/mol. The highest BCUT2D eigenvalue weighted by Gasteiger charge is 2.32. The third-order valence-corrected chi connectivity index (χ3v) is 3.78. The Hall–Kier alpha value is -0.800. The van der Waals surface area contributed by atoms with Gasteiger partial charge < -0.3 is 4.79 Å². The largest absolute Gasteiger partial charge is 0.301 e. The monoisotopic (exact) mass is 207 g/mol. The second kappa shape index (κ2) is 3.75. The topological polar surface area (TPSA) is 20.3 Å². The Morgan fingerprint density at radius 2 is 2.14 bits per heavy atom. The molecule has 74 valence electrons. The molecule has 14 heavy (non-hydrogen) atoms. The summed E-state index contributed by atoms with van der Waals surface area (Å²) in [6.07, 6.45) is 1.03. The Morgan fingerprint density at radius 1 is 1.43 bits per heavy atom. The highest BCUT2D eigenvalue weighted by molar-refractivity contribution is 7.97. The average Bonchev–Trinajstić information content (AvgIpc) is 2.56. The lowest BCUT2D eigenvalue weighted by Gasteiger charge is -2.22. The molecule has 1 heterocycles. The first-order valence-electron chi connectivity index (χ1n) is 4.74. The second-order valence-corrected chi connectivity index (χ2v) is 4.71. The molecular weight excluding hydrogens is 194 g/mol. The first-order valence-corrected chi connectivity index (χ1v) is 5.52. The summed E-state index contributed by atoms with van der Waals surface area (Å²) >= 11 is 1.68. The number of benzene rings is 1. The molecule has 0 amide bonds. The van der Waals surface area contributed by atoms with Crippen LogP contribution in [-0.2, 0) is 4.79 Å². The molecule has 0 N–H and O–H groups in total. The van der Waals surface area contributed by atoms with E-state index in [-0.39, 0.29) is 6.04 Å². The molecule has 1 aliphatic heterocycles. The van der Waals surface area contributed by atoms with Gasteiger partial charge in [-0.2, -0.15) is 0 Å². The van der Waals surface area contributed by atoms with E-state index in [1.165, 1.54) is 4.90 Å². The van der Waals surface area contributed by atoms with Gasteiger partial charge in [-0.25, -0.2) is 4.31 Å². The van der Waals surface area contributed by atoms with Crippen LogP contribution in [0.15, 0.2) is 29.2 Å². The SMILES string of the molecule is CC(C)N1Sc2ccccc2C1C=O. The fraction of sp³-hybridized carbons (Fsp3) is 0.364. The molecule has 0 radical (unpaired) electrons. The van der Waals surface area contributed by atoms with Gasteiger partial charge in [0.25, 0.3) is 0 Å². The van der Waals surface area contributed by atoms with E-state index in [1.807, 2.05) is 18.2 Å². The zero-order valence-corrected chi connectivity index (χ0v) is 9.12. The third-order valence-electron chi connectivity index (χ3n) is 2.35. The molecule has 1 unspecified atom stereocenters. The molecule has 1 aromatic carbocycles. The maximum atomic E-state index is 11.0. The van der Waals surface area contributed by atoms with Crippen molar-refractivity contribution < 1.29 is 4.79 Å². The highest BCUT2D eigenvalue weighted by Crippen LogP contribution is 2.44. The Morgan fingerprint density at radius 3 is 2.79 bits per heavy atom. The van der Waals surface area contributed by atoms with Gasteiger partial charge >= 0.3 is 0 Å². The van der Waals surface area contributed by atoms with E-state index in [4.69, 9.17) is 0 Å². The molecule has 2 nitrogen and oxygen atoms in total. The average molecular weight is 207 g/mol. The molecule has 2 rings (SSSR count). The number of carbonyl (C=O) groups excluding carboxylic acids is 1. The van der Waals surface area contributed by atoms with Crippen molar-refractivity contribution in [3.63, 3.8) is 0 Å². The standard InChI is InChI=1S/C11H13NOS/c1-8(2)12-10(7-13)9-5-3-4-6-11(9)14-12/h3-8,10H,1-2H3. The van der Waals surface area contributed by atoms with Crippen LogP contribution in [0.3, 0.4) is 0 Å². The molecule has 1 aromatic rings. The zero-order valence-electron chi connectivity index (χ0n) is 8.31. The van der Waals surface area contributed by atoms with Crippen LogP contribution in [0.4, 0.5) is 0 Å². The first-order chi connectivity index (χ1) is 6.74. The number of nitrogens with zero attached hydrogens (tertiary/aromatic N) is 1. The number of hydrogen-bond donors (Lipinski definition) is 0. The van der Waals surface area contributed by atoms with Crippen LogP contribution < -0.4 is 0 Å². The van der Waals surface area contributed by atoms with Crippen LogP contribution in [0.25, 0.3) is 0 Å². The van der Waals surface area contributed by atoms with Crippen LogP contribution in [0.5, 0.6) is 0 Å². The fourth-order valence-corrected chi connectivity index (χ4v) is 2.82. The fourth-order valence-electron chi connectivity index (χ4n) is 1.68. The number of aldehydes is 1. The molecule has 1 aliphatic rings. The Labute approximate surface area is 88.4 Å². The van der Waals surface area contributed by atoms with Crippen LogP contribution in [-0.4, -0.2) is 16.6 Å². The van der Waals surface area contributed by atoms with Crippen molar-refractivity contribution in [1.82, 2.24) is 4.31 Å². The molecule has 0 saturated carbocycles. The minimum Gasteiger partial charge on any atom is -0.301 e. The molecule has 0 fully saturated rings. The lowest BCUT2D eigenvalue weighted by Crippen LogP contribution is -2.25. The minimum atomic E-state index is -0.0730. The highest BCUT2D eigenvalue weighted by atomic mass is 32.2. The Kier molecular flexibility index (Phi) is 2.61. The van der Waals surface area contributed by atoms with Gasteiger partial charge in [0.15, 0.2) is 0 Å². The van der Waals surface area contributed by atoms with Crippen LogP contribution in [0.1, 0.15) is 25.5 Å². The lowest BCUT2D eigenvalue weighted by atomic mass is 10.1. The number of hydrogen-bond acceptors (Lipinski definition) is 3. The van der Waals surface area contributed by atoms with Gasteiger partial charge in [-0.05, 0) is 37.4 Å². The zero-order chi connectivity index (χ0) is 10.1. The second-order valence-electron chi connectivity index (χ2n) is 3.66. The number of rotatable bonds is 2. The van der Waals surface area contributed by atoms with Gasteiger partial charge in [0.1, 0.15) is 12.3 Å². The normalized spacial score (nSPS) is 21.2. The summed E-state index contributed by atoms with van der Waals surface area (Å²) in [7, 11) is 0. The summed E-state index contributed by atoms with van der Waals surface area (Å²) in [6.45, 7) is 4.21. The molecule has 3 heteroatoms. The molecule has 0 aromatic heterocycles. The maximum absolute atomic E-state index is 11.0. The summed E-state index contributed by atoms with van der Waals surface area (Å²) in [6, 6.07) is 8.40.